The summed E-state index contributed by atoms with van der Waals surface area (Å²) in [6.45, 7) is 7.90. The van der Waals surface area contributed by atoms with Crippen LogP contribution >= 0.6 is 0 Å². The normalized spacial score (nSPS) is 11.8. The molecule has 0 saturated carbocycles. The average molecular weight is 242 g/mol. The smallest absolute Gasteiger partial charge is 0.334 e. The first-order valence-electron chi connectivity index (χ1n) is 6.18. The molecule has 4 heteroatoms. The van der Waals surface area contributed by atoms with Gasteiger partial charge in [-0.25, -0.2) is 9.59 Å². The third-order valence-electron chi connectivity index (χ3n) is 2.26. The van der Waals surface area contributed by atoms with Crippen molar-refractivity contribution in [1.82, 2.24) is 0 Å². The van der Waals surface area contributed by atoms with Crippen molar-refractivity contribution in [3.63, 3.8) is 0 Å². The highest BCUT2D eigenvalue weighted by molar-refractivity contribution is 6.00. The lowest BCUT2D eigenvalue weighted by Gasteiger charge is -2.11. The van der Waals surface area contributed by atoms with Crippen molar-refractivity contribution in [2.45, 2.75) is 47.0 Å². The molecule has 0 aliphatic heterocycles. The summed E-state index contributed by atoms with van der Waals surface area (Å²) in [6, 6.07) is 0. The fraction of sp³-hybridized carbons (Fsp3) is 0.692. The van der Waals surface area contributed by atoms with Crippen molar-refractivity contribution in [2.75, 3.05) is 13.2 Å². The van der Waals surface area contributed by atoms with E-state index in [1.54, 1.807) is 13.8 Å². The maximum atomic E-state index is 11.8. The minimum atomic E-state index is -0.411. The molecule has 0 saturated heterocycles. The number of hydrogen-bond donors (Lipinski definition) is 0. The van der Waals surface area contributed by atoms with Gasteiger partial charge in [0.1, 0.15) is 0 Å². The Labute approximate surface area is 103 Å². The quantitative estimate of drug-likeness (QED) is 0.508. The van der Waals surface area contributed by atoms with Crippen molar-refractivity contribution < 1.29 is 19.1 Å². The van der Waals surface area contributed by atoms with Crippen molar-refractivity contribution in [3.8, 4) is 0 Å². The van der Waals surface area contributed by atoms with Crippen LogP contribution in [0.4, 0.5) is 0 Å². The van der Waals surface area contributed by atoms with Crippen LogP contribution in [0.2, 0.25) is 0 Å². The zero-order valence-corrected chi connectivity index (χ0v) is 11.2. The van der Waals surface area contributed by atoms with E-state index in [0.29, 0.717) is 37.2 Å². The Hall–Kier alpha value is -1.32. The van der Waals surface area contributed by atoms with Crippen LogP contribution < -0.4 is 0 Å². The molecule has 0 fully saturated rings. The van der Waals surface area contributed by atoms with E-state index in [1.807, 2.05) is 13.8 Å². The van der Waals surface area contributed by atoms with Gasteiger partial charge in [0.25, 0.3) is 0 Å². The van der Waals surface area contributed by atoms with Gasteiger partial charge in [-0.1, -0.05) is 20.3 Å². The van der Waals surface area contributed by atoms with Gasteiger partial charge >= 0.3 is 11.9 Å². The molecular weight excluding hydrogens is 220 g/mol. The summed E-state index contributed by atoms with van der Waals surface area (Å²) in [5.74, 6) is -0.814. The maximum absolute atomic E-state index is 11.8. The molecule has 0 N–H and O–H groups in total. The van der Waals surface area contributed by atoms with Crippen LogP contribution in [0.15, 0.2) is 11.1 Å². The Bertz CT molecular complexity index is 292. The van der Waals surface area contributed by atoms with E-state index >= 15 is 0 Å². The standard InChI is InChI=1S/C13H22O4/c1-5-9-11(13(15)17-8-4)10(6-2)12(14)16-7-3/h5-9H2,1-4H3/b11-10-. The number of ether oxygens (including phenoxy) is 2. The number of hydrogen-bond acceptors (Lipinski definition) is 4. The van der Waals surface area contributed by atoms with Gasteiger partial charge in [0, 0.05) is 11.1 Å². The summed E-state index contributed by atoms with van der Waals surface area (Å²) in [5.41, 5.74) is 0.891. The Morgan fingerprint density at radius 2 is 1.29 bits per heavy atom. The predicted octanol–water partition coefficient (Wildman–Crippen LogP) is 2.62. The van der Waals surface area contributed by atoms with Crippen molar-refractivity contribution in [3.05, 3.63) is 11.1 Å². The Kier molecular flexibility index (Phi) is 8.11. The first kappa shape index (κ1) is 15.7. The van der Waals surface area contributed by atoms with Crippen LogP contribution in [-0.4, -0.2) is 25.2 Å². The molecule has 0 radical (unpaired) electrons. The summed E-state index contributed by atoms with van der Waals surface area (Å²) in [7, 11) is 0. The van der Waals surface area contributed by atoms with E-state index in [1.165, 1.54) is 0 Å². The number of carbonyl (C=O) groups excluding carboxylic acids is 2. The van der Waals surface area contributed by atoms with E-state index in [-0.39, 0.29) is 0 Å². The topological polar surface area (TPSA) is 52.6 Å². The summed E-state index contributed by atoms with van der Waals surface area (Å²) >= 11 is 0. The number of esters is 2. The minimum absolute atomic E-state index is 0.310. The Morgan fingerprint density at radius 3 is 1.65 bits per heavy atom. The third-order valence-corrected chi connectivity index (χ3v) is 2.26. The van der Waals surface area contributed by atoms with Crippen molar-refractivity contribution >= 4 is 11.9 Å². The van der Waals surface area contributed by atoms with Gasteiger partial charge in [-0.15, -0.1) is 0 Å². The molecule has 0 aromatic carbocycles. The highest BCUT2D eigenvalue weighted by Gasteiger charge is 2.20. The maximum Gasteiger partial charge on any atom is 0.334 e. The fourth-order valence-electron chi connectivity index (χ4n) is 1.54. The molecule has 0 bridgehead atoms. The molecule has 0 aromatic rings. The van der Waals surface area contributed by atoms with E-state index in [9.17, 15) is 9.59 Å². The lowest BCUT2D eigenvalue weighted by atomic mass is 10.0. The highest BCUT2D eigenvalue weighted by atomic mass is 16.5. The van der Waals surface area contributed by atoms with Gasteiger partial charge in [-0.05, 0) is 26.7 Å². The first-order valence-corrected chi connectivity index (χ1v) is 6.18. The fourth-order valence-corrected chi connectivity index (χ4v) is 1.54. The van der Waals surface area contributed by atoms with Crippen LogP contribution in [-0.2, 0) is 19.1 Å². The summed E-state index contributed by atoms with van der Waals surface area (Å²) in [6.07, 6.45) is 1.81. The number of rotatable bonds is 7. The molecule has 0 unspecified atom stereocenters. The molecule has 98 valence electrons. The lowest BCUT2D eigenvalue weighted by Crippen LogP contribution is -2.16. The minimum Gasteiger partial charge on any atom is -0.463 e. The second kappa shape index (κ2) is 8.79. The second-order valence-electron chi connectivity index (χ2n) is 3.50. The van der Waals surface area contributed by atoms with Crippen LogP contribution in [0.1, 0.15) is 47.0 Å². The molecule has 0 amide bonds. The van der Waals surface area contributed by atoms with Gasteiger partial charge in [0.2, 0.25) is 0 Å². The van der Waals surface area contributed by atoms with Gasteiger partial charge in [-0.3, -0.25) is 0 Å². The molecule has 0 spiro atoms. The zero-order valence-electron chi connectivity index (χ0n) is 11.2. The van der Waals surface area contributed by atoms with Gasteiger partial charge < -0.3 is 9.47 Å². The van der Waals surface area contributed by atoms with Gasteiger partial charge in [-0.2, -0.15) is 0 Å². The van der Waals surface area contributed by atoms with E-state index in [4.69, 9.17) is 9.47 Å². The molecule has 0 aliphatic rings. The van der Waals surface area contributed by atoms with E-state index in [2.05, 4.69) is 0 Å². The van der Waals surface area contributed by atoms with Crippen LogP contribution in [0.5, 0.6) is 0 Å². The van der Waals surface area contributed by atoms with E-state index in [0.717, 1.165) is 6.42 Å². The number of carbonyl (C=O) groups is 2. The molecule has 0 aliphatic carbocycles. The summed E-state index contributed by atoms with van der Waals surface area (Å²) < 4.78 is 9.91. The van der Waals surface area contributed by atoms with Crippen molar-refractivity contribution in [2.24, 2.45) is 0 Å². The largest absolute Gasteiger partial charge is 0.463 e. The SMILES string of the molecule is CCC/C(C(=O)OCC)=C(\CC)C(=O)OCC. The van der Waals surface area contributed by atoms with Crippen LogP contribution in [0.25, 0.3) is 0 Å². The summed E-state index contributed by atoms with van der Waals surface area (Å²) in [4.78, 5) is 23.5. The van der Waals surface area contributed by atoms with Crippen LogP contribution in [0.3, 0.4) is 0 Å². The Balaban J connectivity index is 5.14. The third kappa shape index (κ3) is 5.02. The molecule has 4 nitrogen and oxygen atoms in total. The van der Waals surface area contributed by atoms with Crippen molar-refractivity contribution in [1.29, 1.82) is 0 Å². The first-order chi connectivity index (χ1) is 8.12. The van der Waals surface area contributed by atoms with Crippen LogP contribution in [0, 0.1) is 0 Å². The lowest BCUT2D eigenvalue weighted by molar-refractivity contribution is -0.142. The predicted molar refractivity (Wildman–Crippen MR) is 65.5 cm³/mol. The van der Waals surface area contributed by atoms with E-state index < -0.39 is 11.9 Å². The zero-order chi connectivity index (χ0) is 13.3. The molecule has 0 aromatic heterocycles. The average Bonchev–Trinajstić information content (AvgIpc) is 2.29. The second-order valence-corrected chi connectivity index (χ2v) is 3.50. The van der Waals surface area contributed by atoms with Gasteiger partial charge in [0.05, 0.1) is 13.2 Å². The molecule has 0 atom stereocenters. The van der Waals surface area contributed by atoms with Gasteiger partial charge in [0.15, 0.2) is 0 Å². The monoisotopic (exact) mass is 242 g/mol. The summed E-state index contributed by atoms with van der Waals surface area (Å²) in [5, 5.41) is 0. The Morgan fingerprint density at radius 1 is 0.824 bits per heavy atom. The molecule has 0 heterocycles. The molecule has 0 rings (SSSR count). The molecule has 17 heavy (non-hydrogen) atoms. The molecular formula is C13H22O4. The highest BCUT2D eigenvalue weighted by Crippen LogP contribution is 2.17.